The molecule has 6 nitrogen and oxygen atoms in total. The molecule has 0 bridgehead atoms. The second-order valence-electron chi connectivity index (χ2n) is 6.60. The van der Waals surface area contributed by atoms with E-state index < -0.39 is 11.9 Å². The Hall–Kier alpha value is -3.03. The van der Waals surface area contributed by atoms with Crippen molar-refractivity contribution in [2.75, 3.05) is 13.7 Å². The van der Waals surface area contributed by atoms with Gasteiger partial charge in [-0.2, -0.15) is 0 Å². The van der Waals surface area contributed by atoms with Crippen LogP contribution in [0.25, 0.3) is 5.69 Å². The number of methoxy groups -OCH3 is 1. The number of hydrogen-bond donors (Lipinski definition) is 1. The van der Waals surface area contributed by atoms with Crippen LogP contribution in [0.5, 0.6) is 17.2 Å². The van der Waals surface area contributed by atoms with Crippen LogP contribution in [0.1, 0.15) is 12.5 Å². The minimum absolute atomic E-state index is 0.0408. The van der Waals surface area contributed by atoms with Gasteiger partial charge in [0, 0.05) is 18.3 Å². The highest BCUT2D eigenvalue weighted by molar-refractivity contribution is 6.30. The van der Waals surface area contributed by atoms with Crippen molar-refractivity contribution in [3.8, 4) is 22.9 Å². The van der Waals surface area contributed by atoms with E-state index in [1.165, 1.54) is 29.9 Å². The molecule has 30 heavy (non-hydrogen) atoms. The van der Waals surface area contributed by atoms with Gasteiger partial charge in [-0.1, -0.05) is 17.7 Å². The minimum atomic E-state index is -0.617. The standard InChI is InChI=1S/C22H21ClFNO5/c1-14(26)12-30-20-6-4-16(10-21(20)28-2)25-8-7-17(11-22(25)27)29-13-15-3-5-18(23)19(24)9-15/h3-11,14,26H,12-13H2,1-2H3. The predicted molar refractivity (Wildman–Crippen MR) is 112 cm³/mol. The minimum Gasteiger partial charge on any atom is -0.493 e. The number of aromatic nitrogens is 1. The molecule has 0 amide bonds. The molecule has 1 atom stereocenters. The number of pyridine rings is 1. The number of halogens is 2. The van der Waals surface area contributed by atoms with E-state index in [-0.39, 0.29) is 23.8 Å². The summed E-state index contributed by atoms with van der Waals surface area (Å²) >= 11 is 5.67. The zero-order valence-corrected chi connectivity index (χ0v) is 17.2. The number of aliphatic hydroxyl groups is 1. The van der Waals surface area contributed by atoms with Gasteiger partial charge in [0.15, 0.2) is 11.5 Å². The normalized spacial score (nSPS) is 11.8. The van der Waals surface area contributed by atoms with Crippen LogP contribution in [0.4, 0.5) is 4.39 Å². The van der Waals surface area contributed by atoms with E-state index >= 15 is 0 Å². The molecule has 0 saturated heterocycles. The van der Waals surface area contributed by atoms with Gasteiger partial charge in [0.25, 0.3) is 5.56 Å². The van der Waals surface area contributed by atoms with Gasteiger partial charge >= 0.3 is 0 Å². The molecule has 8 heteroatoms. The topological polar surface area (TPSA) is 69.9 Å². The number of ether oxygens (including phenoxy) is 3. The van der Waals surface area contributed by atoms with Crippen LogP contribution in [0, 0.1) is 5.82 Å². The molecule has 158 valence electrons. The van der Waals surface area contributed by atoms with Crippen LogP contribution in [-0.4, -0.2) is 29.5 Å². The predicted octanol–water partition coefficient (Wildman–Crippen LogP) is 3.98. The average Bonchev–Trinajstić information content (AvgIpc) is 2.73. The van der Waals surface area contributed by atoms with E-state index in [0.717, 1.165) is 0 Å². The third kappa shape index (κ3) is 5.31. The number of hydrogen-bond acceptors (Lipinski definition) is 5. The number of aliphatic hydroxyl groups excluding tert-OH is 1. The van der Waals surface area contributed by atoms with Gasteiger partial charge in [0.1, 0.15) is 24.8 Å². The van der Waals surface area contributed by atoms with E-state index in [4.69, 9.17) is 25.8 Å². The van der Waals surface area contributed by atoms with E-state index in [2.05, 4.69) is 0 Å². The Morgan fingerprint density at radius 1 is 1.10 bits per heavy atom. The lowest BCUT2D eigenvalue weighted by atomic mass is 10.2. The summed E-state index contributed by atoms with van der Waals surface area (Å²) in [7, 11) is 1.49. The summed E-state index contributed by atoms with van der Waals surface area (Å²) < 4.78 is 31.4. The highest BCUT2D eigenvalue weighted by atomic mass is 35.5. The van der Waals surface area contributed by atoms with Gasteiger partial charge in [0.05, 0.1) is 23.9 Å². The fourth-order valence-corrected chi connectivity index (χ4v) is 2.81. The molecule has 1 N–H and O–H groups in total. The zero-order chi connectivity index (χ0) is 21.7. The van der Waals surface area contributed by atoms with Gasteiger partial charge in [-0.15, -0.1) is 0 Å². The summed E-state index contributed by atoms with van der Waals surface area (Å²) in [6.45, 7) is 1.84. The lowest BCUT2D eigenvalue weighted by molar-refractivity contribution is 0.120. The molecule has 0 saturated carbocycles. The molecule has 1 heterocycles. The maximum Gasteiger partial charge on any atom is 0.258 e. The van der Waals surface area contributed by atoms with Crippen molar-refractivity contribution in [1.29, 1.82) is 0 Å². The largest absolute Gasteiger partial charge is 0.493 e. The third-order valence-corrected chi connectivity index (χ3v) is 4.49. The van der Waals surface area contributed by atoms with Crippen molar-refractivity contribution >= 4 is 11.6 Å². The van der Waals surface area contributed by atoms with E-state index in [1.54, 1.807) is 43.5 Å². The van der Waals surface area contributed by atoms with Gasteiger partial charge in [-0.3, -0.25) is 9.36 Å². The van der Waals surface area contributed by atoms with Crippen LogP contribution in [0.3, 0.4) is 0 Å². The number of nitrogens with zero attached hydrogens (tertiary/aromatic N) is 1. The molecule has 0 fully saturated rings. The average molecular weight is 434 g/mol. The Labute approximate surface area is 178 Å². The Bertz CT molecular complexity index is 1080. The summed E-state index contributed by atoms with van der Waals surface area (Å²) in [5, 5.41) is 9.41. The van der Waals surface area contributed by atoms with Crippen LogP contribution >= 0.6 is 11.6 Å². The first-order valence-corrected chi connectivity index (χ1v) is 9.54. The molecule has 1 unspecified atom stereocenters. The fourth-order valence-electron chi connectivity index (χ4n) is 2.70. The highest BCUT2D eigenvalue weighted by Gasteiger charge is 2.10. The second-order valence-corrected chi connectivity index (χ2v) is 7.01. The first kappa shape index (κ1) is 21.7. The summed E-state index contributed by atoms with van der Waals surface area (Å²) in [5.41, 5.74) is 0.862. The first-order valence-electron chi connectivity index (χ1n) is 9.16. The van der Waals surface area contributed by atoms with Gasteiger partial charge < -0.3 is 19.3 Å². The van der Waals surface area contributed by atoms with Gasteiger partial charge in [-0.25, -0.2) is 4.39 Å². The molecule has 0 aliphatic heterocycles. The maximum absolute atomic E-state index is 13.5. The Morgan fingerprint density at radius 2 is 1.90 bits per heavy atom. The van der Waals surface area contributed by atoms with E-state index in [0.29, 0.717) is 28.5 Å². The van der Waals surface area contributed by atoms with E-state index in [9.17, 15) is 14.3 Å². The third-order valence-electron chi connectivity index (χ3n) is 4.19. The monoisotopic (exact) mass is 433 g/mol. The molecule has 0 radical (unpaired) electrons. The number of rotatable bonds is 8. The van der Waals surface area contributed by atoms with Crippen molar-refractivity contribution in [1.82, 2.24) is 4.57 Å². The lowest BCUT2D eigenvalue weighted by Crippen LogP contribution is -2.17. The smallest absolute Gasteiger partial charge is 0.258 e. The summed E-state index contributed by atoms with van der Waals surface area (Å²) in [4.78, 5) is 12.6. The lowest BCUT2D eigenvalue weighted by Gasteiger charge is -2.14. The van der Waals surface area contributed by atoms with Crippen LogP contribution in [-0.2, 0) is 6.61 Å². The van der Waals surface area contributed by atoms with Crippen molar-refractivity contribution in [3.05, 3.63) is 81.5 Å². The molecule has 2 aromatic carbocycles. The molecule has 0 aliphatic rings. The second kappa shape index (κ2) is 9.65. The molecular formula is C22H21ClFNO5. The van der Waals surface area contributed by atoms with Crippen LogP contribution in [0.15, 0.2) is 59.5 Å². The van der Waals surface area contributed by atoms with Crippen LogP contribution in [0.2, 0.25) is 5.02 Å². The Morgan fingerprint density at radius 3 is 2.57 bits per heavy atom. The number of benzene rings is 2. The zero-order valence-electron chi connectivity index (χ0n) is 16.5. The fraction of sp³-hybridized carbons (Fsp3) is 0.227. The summed E-state index contributed by atoms with van der Waals surface area (Å²) in [5.74, 6) is 0.731. The summed E-state index contributed by atoms with van der Waals surface area (Å²) in [6.07, 6.45) is 0.958. The van der Waals surface area contributed by atoms with Gasteiger partial charge in [0.2, 0.25) is 0 Å². The molecule has 3 aromatic rings. The molecular weight excluding hydrogens is 413 g/mol. The molecule has 1 aromatic heterocycles. The SMILES string of the molecule is COc1cc(-n2ccc(OCc3ccc(Cl)c(F)c3)cc2=O)ccc1OCC(C)O. The molecule has 0 spiro atoms. The Balaban J connectivity index is 1.76. The van der Waals surface area contributed by atoms with Crippen molar-refractivity contribution < 1.29 is 23.7 Å². The quantitative estimate of drug-likeness (QED) is 0.582. The van der Waals surface area contributed by atoms with Crippen molar-refractivity contribution in [2.24, 2.45) is 0 Å². The van der Waals surface area contributed by atoms with Crippen LogP contribution < -0.4 is 19.8 Å². The highest BCUT2D eigenvalue weighted by Crippen LogP contribution is 2.29. The Kier molecular flexibility index (Phi) is 6.97. The van der Waals surface area contributed by atoms with Crippen molar-refractivity contribution in [3.63, 3.8) is 0 Å². The molecule has 0 aliphatic carbocycles. The molecule has 3 rings (SSSR count). The maximum atomic E-state index is 13.5. The first-order chi connectivity index (χ1) is 14.4. The van der Waals surface area contributed by atoms with E-state index in [1.807, 2.05) is 0 Å². The van der Waals surface area contributed by atoms with Crippen molar-refractivity contribution in [2.45, 2.75) is 19.6 Å². The summed E-state index contributed by atoms with van der Waals surface area (Å²) in [6, 6.07) is 12.4. The van der Waals surface area contributed by atoms with Gasteiger partial charge in [-0.05, 0) is 42.8 Å².